The first-order valence-corrected chi connectivity index (χ1v) is 9.86. The third-order valence-corrected chi connectivity index (χ3v) is 5.73. The van der Waals surface area contributed by atoms with Crippen molar-refractivity contribution in [3.63, 3.8) is 0 Å². The molecular formula is C18H24FN5OS. The highest BCUT2D eigenvalue weighted by atomic mass is 32.2. The molecule has 3 rings (SSSR count). The molecule has 1 aliphatic rings. The summed E-state index contributed by atoms with van der Waals surface area (Å²) in [6.07, 6.45) is 5.82. The van der Waals surface area contributed by atoms with Crippen LogP contribution in [0.5, 0.6) is 0 Å². The second kappa shape index (κ2) is 8.62. The number of aromatic nitrogens is 4. The number of tetrazole rings is 1. The van der Waals surface area contributed by atoms with Gasteiger partial charge in [0.25, 0.3) is 0 Å². The highest BCUT2D eigenvalue weighted by Crippen LogP contribution is 2.31. The average molecular weight is 377 g/mol. The van der Waals surface area contributed by atoms with Gasteiger partial charge in [-0.15, -0.1) is 5.10 Å². The maximum Gasteiger partial charge on any atom is 0.235 e. The average Bonchev–Trinajstić information content (AvgIpc) is 3.09. The van der Waals surface area contributed by atoms with Crippen LogP contribution in [0.3, 0.4) is 0 Å². The smallest absolute Gasteiger partial charge is 0.235 e. The van der Waals surface area contributed by atoms with Crippen molar-refractivity contribution >= 4 is 17.7 Å². The number of rotatable bonds is 6. The van der Waals surface area contributed by atoms with Crippen LogP contribution in [0.25, 0.3) is 0 Å². The van der Waals surface area contributed by atoms with Gasteiger partial charge in [0.05, 0.1) is 11.3 Å². The zero-order valence-corrected chi connectivity index (χ0v) is 16.0. The second-order valence-corrected chi connectivity index (χ2v) is 8.09. The Kier molecular flexibility index (Phi) is 6.24. The number of nitrogens with zero attached hydrogens (tertiary/aromatic N) is 5. The Morgan fingerprint density at radius 2 is 2.15 bits per heavy atom. The summed E-state index contributed by atoms with van der Waals surface area (Å²) in [4.78, 5) is 14.3. The summed E-state index contributed by atoms with van der Waals surface area (Å²) < 4.78 is 15.2. The summed E-state index contributed by atoms with van der Waals surface area (Å²) >= 11 is 1.38. The summed E-state index contributed by atoms with van der Waals surface area (Å²) in [7, 11) is 1.73. The van der Waals surface area contributed by atoms with Crippen LogP contribution < -0.4 is 0 Å². The molecule has 1 heterocycles. The Balaban J connectivity index is 1.61. The Morgan fingerprint density at radius 3 is 2.88 bits per heavy atom. The van der Waals surface area contributed by atoms with E-state index < -0.39 is 0 Å². The molecule has 1 atom stereocenters. The first-order valence-electron chi connectivity index (χ1n) is 8.98. The van der Waals surface area contributed by atoms with Gasteiger partial charge in [0.15, 0.2) is 0 Å². The zero-order valence-electron chi connectivity index (χ0n) is 15.1. The van der Waals surface area contributed by atoms with Crippen LogP contribution in [0.15, 0.2) is 29.4 Å². The van der Waals surface area contributed by atoms with Crippen molar-refractivity contribution in [3.05, 3.63) is 35.6 Å². The summed E-state index contributed by atoms with van der Waals surface area (Å²) in [5.41, 5.74) is 0.769. The van der Waals surface area contributed by atoms with Crippen molar-refractivity contribution in [2.45, 2.75) is 62.0 Å². The van der Waals surface area contributed by atoms with E-state index in [1.807, 2.05) is 17.7 Å². The lowest BCUT2D eigenvalue weighted by Crippen LogP contribution is -2.33. The summed E-state index contributed by atoms with van der Waals surface area (Å²) in [6, 6.07) is 6.64. The predicted molar refractivity (Wildman–Crippen MR) is 98.1 cm³/mol. The molecular weight excluding hydrogens is 353 g/mol. The Hall–Kier alpha value is -1.96. The molecule has 0 unspecified atom stereocenters. The minimum atomic E-state index is -0.318. The van der Waals surface area contributed by atoms with Crippen LogP contribution in [0, 0.1) is 5.82 Å². The van der Waals surface area contributed by atoms with Gasteiger partial charge < -0.3 is 4.90 Å². The molecule has 0 spiro atoms. The molecule has 2 aromatic rings. The van der Waals surface area contributed by atoms with Gasteiger partial charge in [-0.25, -0.2) is 9.07 Å². The van der Waals surface area contributed by atoms with Gasteiger partial charge in [0.1, 0.15) is 5.82 Å². The number of carbonyl (C=O) groups is 1. The summed E-state index contributed by atoms with van der Waals surface area (Å²) in [6.45, 7) is 2.23. The monoisotopic (exact) mass is 377 g/mol. The molecule has 1 amide bonds. The third-order valence-electron chi connectivity index (χ3n) is 4.70. The zero-order chi connectivity index (χ0) is 18.5. The first-order chi connectivity index (χ1) is 12.5. The number of carbonyl (C=O) groups excluding carboxylic acids is 1. The number of halogens is 1. The SMILES string of the molecule is C[C@H](Sc1nnnn1C1CCCCC1)C(=O)N(C)Cc1cccc(F)c1. The molecule has 6 nitrogen and oxygen atoms in total. The number of benzene rings is 1. The highest BCUT2D eigenvalue weighted by molar-refractivity contribution is 8.00. The molecule has 8 heteroatoms. The van der Waals surface area contributed by atoms with Crippen molar-refractivity contribution in [2.24, 2.45) is 0 Å². The van der Waals surface area contributed by atoms with Crippen LogP contribution in [0.1, 0.15) is 50.6 Å². The van der Waals surface area contributed by atoms with E-state index in [2.05, 4.69) is 15.5 Å². The Bertz CT molecular complexity index is 747. The van der Waals surface area contributed by atoms with E-state index in [1.165, 1.54) is 43.2 Å². The van der Waals surface area contributed by atoms with Crippen molar-refractivity contribution < 1.29 is 9.18 Å². The van der Waals surface area contributed by atoms with E-state index in [0.29, 0.717) is 17.7 Å². The fourth-order valence-electron chi connectivity index (χ4n) is 3.32. The van der Waals surface area contributed by atoms with Crippen LogP contribution in [0.2, 0.25) is 0 Å². The predicted octanol–water partition coefficient (Wildman–Crippen LogP) is 3.46. The highest BCUT2D eigenvalue weighted by Gasteiger charge is 2.25. The van der Waals surface area contributed by atoms with E-state index in [9.17, 15) is 9.18 Å². The lowest BCUT2D eigenvalue weighted by atomic mass is 9.96. The maximum atomic E-state index is 13.3. The first kappa shape index (κ1) is 18.8. The second-order valence-electron chi connectivity index (χ2n) is 6.78. The minimum absolute atomic E-state index is 0.0301. The van der Waals surface area contributed by atoms with Gasteiger partial charge in [0.2, 0.25) is 11.1 Å². The van der Waals surface area contributed by atoms with Gasteiger partial charge in [-0.1, -0.05) is 43.2 Å². The van der Waals surface area contributed by atoms with Gasteiger partial charge in [0, 0.05) is 13.6 Å². The van der Waals surface area contributed by atoms with E-state index >= 15 is 0 Å². The van der Waals surface area contributed by atoms with E-state index in [-0.39, 0.29) is 17.0 Å². The van der Waals surface area contributed by atoms with E-state index in [0.717, 1.165) is 18.4 Å². The molecule has 0 bridgehead atoms. The van der Waals surface area contributed by atoms with Crippen LogP contribution in [-0.4, -0.2) is 43.3 Å². The molecule has 0 radical (unpaired) electrons. The normalized spacial score (nSPS) is 16.4. The van der Waals surface area contributed by atoms with Crippen molar-refractivity contribution in [3.8, 4) is 0 Å². The topological polar surface area (TPSA) is 63.9 Å². The summed E-state index contributed by atoms with van der Waals surface area (Å²) in [5, 5.41) is 12.4. The van der Waals surface area contributed by atoms with Crippen LogP contribution in [-0.2, 0) is 11.3 Å². The third kappa shape index (κ3) is 4.60. The van der Waals surface area contributed by atoms with E-state index in [1.54, 1.807) is 18.0 Å². The van der Waals surface area contributed by atoms with Crippen molar-refractivity contribution in [2.75, 3.05) is 7.05 Å². The molecule has 0 aliphatic heterocycles. The number of hydrogen-bond acceptors (Lipinski definition) is 5. The molecule has 1 aliphatic carbocycles. The van der Waals surface area contributed by atoms with Crippen LogP contribution >= 0.6 is 11.8 Å². The van der Waals surface area contributed by atoms with Gasteiger partial charge >= 0.3 is 0 Å². The van der Waals surface area contributed by atoms with Gasteiger partial charge in [-0.2, -0.15) is 0 Å². The van der Waals surface area contributed by atoms with Gasteiger partial charge in [-0.3, -0.25) is 4.79 Å². The van der Waals surface area contributed by atoms with Crippen molar-refractivity contribution in [1.82, 2.24) is 25.1 Å². The van der Waals surface area contributed by atoms with Crippen LogP contribution in [0.4, 0.5) is 4.39 Å². The molecule has 0 N–H and O–H groups in total. The van der Waals surface area contributed by atoms with Crippen molar-refractivity contribution in [1.29, 1.82) is 0 Å². The molecule has 1 saturated carbocycles. The largest absolute Gasteiger partial charge is 0.340 e. The molecule has 1 fully saturated rings. The van der Waals surface area contributed by atoms with E-state index in [4.69, 9.17) is 0 Å². The fraction of sp³-hybridized carbons (Fsp3) is 0.556. The quantitative estimate of drug-likeness (QED) is 0.722. The summed E-state index contributed by atoms with van der Waals surface area (Å²) in [5.74, 6) is -0.324. The van der Waals surface area contributed by atoms with Gasteiger partial charge in [-0.05, 0) is 47.9 Å². The minimum Gasteiger partial charge on any atom is -0.340 e. The Morgan fingerprint density at radius 1 is 1.38 bits per heavy atom. The standard InChI is InChI=1S/C18H24FN5OS/c1-13(17(25)23(2)12-14-7-6-8-15(19)11-14)26-18-20-21-22-24(18)16-9-4-3-5-10-16/h6-8,11,13,16H,3-5,9-10,12H2,1-2H3/t13-/m0/s1. The number of thioether (sulfide) groups is 1. The number of hydrogen-bond donors (Lipinski definition) is 0. The molecule has 0 saturated heterocycles. The lowest BCUT2D eigenvalue weighted by molar-refractivity contribution is -0.129. The molecule has 140 valence electrons. The molecule has 1 aromatic carbocycles. The maximum absolute atomic E-state index is 13.3. The lowest BCUT2D eigenvalue weighted by Gasteiger charge is -2.24. The Labute approximate surface area is 157 Å². The number of amides is 1. The fourth-order valence-corrected chi connectivity index (χ4v) is 4.30. The molecule has 1 aromatic heterocycles. The molecule has 26 heavy (non-hydrogen) atoms.